The van der Waals surface area contributed by atoms with Gasteiger partial charge in [-0.05, 0) is 6.92 Å². The molecule has 5 nitrogen and oxygen atoms in total. The number of hydrogen-bond acceptors (Lipinski definition) is 4. The molecule has 0 unspecified atom stereocenters. The lowest BCUT2D eigenvalue weighted by Crippen LogP contribution is -2.20. The van der Waals surface area contributed by atoms with E-state index in [9.17, 15) is 0 Å². The Kier molecular flexibility index (Phi) is 3.63. The third-order valence-corrected chi connectivity index (χ3v) is 1.83. The summed E-state index contributed by atoms with van der Waals surface area (Å²) >= 11 is 0. The lowest BCUT2D eigenvalue weighted by atomic mass is 10.3. The summed E-state index contributed by atoms with van der Waals surface area (Å²) in [5.41, 5.74) is 0.555. The quantitative estimate of drug-likeness (QED) is 0.665. The van der Waals surface area contributed by atoms with Gasteiger partial charge in [0.25, 0.3) is 0 Å². The van der Waals surface area contributed by atoms with Crippen LogP contribution < -0.4 is 0 Å². The molecule has 0 N–H and O–H groups in total. The molecule has 1 aromatic heterocycles. The molecule has 0 aliphatic carbocycles. The molecule has 0 fully saturated rings. The van der Waals surface area contributed by atoms with Gasteiger partial charge in [0.15, 0.2) is 0 Å². The summed E-state index contributed by atoms with van der Waals surface area (Å²) in [5, 5.41) is 10.4. The van der Waals surface area contributed by atoms with E-state index in [4.69, 9.17) is 10.1 Å². The SMILES string of the molecule is C[C@@H](CON(C)C)n1cncc1C#N. The predicted octanol–water partition coefficient (Wildman–Crippen LogP) is 0.809. The first kappa shape index (κ1) is 10.7. The summed E-state index contributed by atoms with van der Waals surface area (Å²) in [7, 11) is 3.65. The average Bonchev–Trinajstić information content (AvgIpc) is 2.61. The Morgan fingerprint density at radius 1 is 1.71 bits per heavy atom. The second-order valence-corrected chi connectivity index (χ2v) is 3.26. The zero-order valence-electron chi connectivity index (χ0n) is 8.64. The van der Waals surface area contributed by atoms with Gasteiger partial charge >= 0.3 is 0 Å². The number of aromatic nitrogens is 2. The molecule has 0 aliphatic heterocycles. The van der Waals surface area contributed by atoms with Crippen LogP contribution in [0.25, 0.3) is 0 Å². The maximum absolute atomic E-state index is 8.77. The minimum absolute atomic E-state index is 0.106. The Labute approximate surface area is 83.5 Å². The molecule has 1 rings (SSSR count). The highest BCUT2D eigenvalue weighted by Gasteiger charge is 2.09. The third-order valence-electron chi connectivity index (χ3n) is 1.83. The van der Waals surface area contributed by atoms with E-state index < -0.39 is 0 Å². The molecule has 1 heterocycles. The van der Waals surface area contributed by atoms with Crippen molar-refractivity contribution in [2.75, 3.05) is 20.7 Å². The summed E-state index contributed by atoms with van der Waals surface area (Å²) in [6, 6.07) is 2.18. The topological polar surface area (TPSA) is 54.1 Å². The van der Waals surface area contributed by atoms with Crippen molar-refractivity contribution in [2.45, 2.75) is 13.0 Å². The van der Waals surface area contributed by atoms with Gasteiger partial charge in [0.1, 0.15) is 11.8 Å². The zero-order chi connectivity index (χ0) is 10.6. The van der Waals surface area contributed by atoms with Crippen LogP contribution in [-0.2, 0) is 4.84 Å². The summed E-state index contributed by atoms with van der Waals surface area (Å²) in [5.74, 6) is 0. The number of nitrogens with zero attached hydrogens (tertiary/aromatic N) is 4. The molecule has 0 aliphatic rings. The number of hydrogen-bond donors (Lipinski definition) is 0. The number of nitriles is 1. The van der Waals surface area contributed by atoms with Crippen molar-refractivity contribution >= 4 is 0 Å². The molecule has 5 heteroatoms. The maximum atomic E-state index is 8.77. The van der Waals surface area contributed by atoms with E-state index in [1.54, 1.807) is 22.2 Å². The smallest absolute Gasteiger partial charge is 0.140 e. The molecule has 0 aromatic carbocycles. The summed E-state index contributed by atoms with van der Waals surface area (Å²) < 4.78 is 1.80. The van der Waals surface area contributed by atoms with Crippen LogP contribution in [0.3, 0.4) is 0 Å². The van der Waals surface area contributed by atoms with Gasteiger partial charge in [-0.25, -0.2) is 4.98 Å². The van der Waals surface area contributed by atoms with E-state index in [1.807, 2.05) is 21.0 Å². The largest absolute Gasteiger partial charge is 0.317 e. The normalized spacial score (nSPS) is 12.8. The van der Waals surface area contributed by atoms with Crippen molar-refractivity contribution in [2.24, 2.45) is 0 Å². The van der Waals surface area contributed by atoms with Crippen LogP contribution in [0.1, 0.15) is 18.7 Å². The van der Waals surface area contributed by atoms with Gasteiger partial charge in [0.2, 0.25) is 0 Å². The molecule has 1 atom stereocenters. The number of rotatable bonds is 4. The number of hydroxylamine groups is 2. The Morgan fingerprint density at radius 3 is 3.00 bits per heavy atom. The van der Waals surface area contributed by atoms with Crippen LogP contribution in [0.15, 0.2) is 12.5 Å². The second-order valence-electron chi connectivity index (χ2n) is 3.26. The predicted molar refractivity (Wildman–Crippen MR) is 51.3 cm³/mol. The van der Waals surface area contributed by atoms with Crippen molar-refractivity contribution in [3.8, 4) is 6.07 Å². The molecule has 0 saturated carbocycles. The van der Waals surface area contributed by atoms with Crippen molar-refractivity contribution in [1.29, 1.82) is 5.26 Å². The lowest BCUT2D eigenvalue weighted by Gasteiger charge is -2.17. The van der Waals surface area contributed by atoms with Crippen LogP contribution in [0.2, 0.25) is 0 Å². The molecule has 1 aromatic rings. The maximum Gasteiger partial charge on any atom is 0.140 e. The first-order chi connectivity index (χ1) is 6.65. The number of imidazole rings is 1. The Morgan fingerprint density at radius 2 is 2.43 bits per heavy atom. The van der Waals surface area contributed by atoms with E-state index in [2.05, 4.69) is 11.1 Å². The molecular formula is C9H14N4O. The fourth-order valence-corrected chi connectivity index (χ4v) is 1.08. The average molecular weight is 194 g/mol. The van der Waals surface area contributed by atoms with Crippen LogP contribution in [-0.4, -0.2) is 35.3 Å². The van der Waals surface area contributed by atoms with E-state index in [0.717, 1.165) is 0 Å². The third kappa shape index (κ3) is 2.55. The van der Waals surface area contributed by atoms with Crippen molar-refractivity contribution in [1.82, 2.24) is 14.6 Å². The van der Waals surface area contributed by atoms with Gasteiger partial charge in [-0.2, -0.15) is 10.3 Å². The molecule has 0 spiro atoms. The first-order valence-corrected chi connectivity index (χ1v) is 4.37. The van der Waals surface area contributed by atoms with Crippen molar-refractivity contribution in [3.05, 3.63) is 18.2 Å². The van der Waals surface area contributed by atoms with Crippen molar-refractivity contribution in [3.63, 3.8) is 0 Å². The minimum atomic E-state index is 0.106. The highest BCUT2D eigenvalue weighted by atomic mass is 16.7. The Hall–Kier alpha value is -1.38. The van der Waals surface area contributed by atoms with Crippen molar-refractivity contribution < 1.29 is 4.84 Å². The monoisotopic (exact) mass is 194 g/mol. The molecule has 0 amide bonds. The van der Waals surface area contributed by atoms with Gasteiger partial charge in [-0.3, -0.25) is 4.84 Å². The van der Waals surface area contributed by atoms with Gasteiger partial charge < -0.3 is 4.57 Å². The highest BCUT2D eigenvalue weighted by Crippen LogP contribution is 2.09. The molecule has 14 heavy (non-hydrogen) atoms. The molecule has 0 radical (unpaired) electrons. The van der Waals surface area contributed by atoms with Crippen LogP contribution in [0.4, 0.5) is 0 Å². The van der Waals surface area contributed by atoms with Crippen LogP contribution >= 0.6 is 0 Å². The fourth-order valence-electron chi connectivity index (χ4n) is 1.08. The van der Waals surface area contributed by atoms with E-state index in [0.29, 0.717) is 12.3 Å². The van der Waals surface area contributed by atoms with E-state index in [-0.39, 0.29) is 6.04 Å². The van der Waals surface area contributed by atoms with Gasteiger partial charge in [-0.1, -0.05) is 0 Å². The summed E-state index contributed by atoms with van der Waals surface area (Å²) in [4.78, 5) is 9.21. The first-order valence-electron chi connectivity index (χ1n) is 4.37. The van der Waals surface area contributed by atoms with Gasteiger partial charge in [0, 0.05) is 14.1 Å². The zero-order valence-corrected chi connectivity index (χ0v) is 8.64. The highest BCUT2D eigenvalue weighted by molar-refractivity contribution is 5.17. The van der Waals surface area contributed by atoms with E-state index >= 15 is 0 Å². The Balaban J connectivity index is 2.61. The molecule has 76 valence electrons. The Bertz CT molecular complexity index is 326. The second kappa shape index (κ2) is 4.74. The summed E-state index contributed by atoms with van der Waals surface area (Å²) in [6.07, 6.45) is 3.19. The van der Waals surface area contributed by atoms with Crippen LogP contribution in [0, 0.1) is 11.3 Å². The molecule has 0 bridgehead atoms. The van der Waals surface area contributed by atoms with Gasteiger partial charge in [0.05, 0.1) is 25.2 Å². The summed E-state index contributed by atoms with van der Waals surface area (Å²) in [6.45, 7) is 2.50. The van der Waals surface area contributed by atoms with Crippen LogP contribution in [0.5, 0.6) is 0 Å². The standard InChI is InChI=1S/C9H14N4O/c1-8(6-14-12(2)3)13-7-11-5-9(13)4-10/h5,7-8H,6H2,1-3H3/t8-/m0/s1. The minimum Gasteiger partial charge on any atom is -0.317 e. The molecular weight excluding hydrogens is 180 g/mol. The van der Waals surface area contributed by atoms with E-state index in [1.165, 1.54) is 0 Å². The van der Waals surface area contributed by atoms with Gasteiger partial charge in [-0.15, -0.1) is 0 Å². The lowest BCUT2D eigenvalue weighted by molar-refractivity contribution is -0.128. The molecule has 0 saturated heterocycles. The fraction of sp³-hybridized carbons (Fsp3) is 0.556.